The summed E-state index contributed by atoms with van der Waals surface area (Å²) in [7, 11) is 0. The minimum atomic E-state index is 0.519. The Balaban J connectivity index is 1.95. The van der Waals surface area contributed by atoms with Crippen molar-refractivity contribution >= 4 is 35.1 Å². The highest BCUT2D eigenvalue weighted by atomic mass is 32.2. The van der Waals surface area contributed by atoms with Gasteiger partial charge in [-0.15, -0.1) is 0 Å². The molecule has 0 saturated heterocycles. The van der Waals surface area contributed by atoms with Gasteiger partial charge < -0.3 is 4.98 Å². The Kier molecular flexibility index (Phi) is 3.43. The fraction of sp³-hybridized carbons (Fsp3) is 0.538. The maximum absolute atomic E-state index is 5.45. The molecule has 18 heavy (non-hydrogen) atoms. The normalized spacial score (nSPS) is 23.8. The lowest BCUT2D eigenvalue weighted by Gasteiger charge is -2.13. The first-order valence-electron chi connectivity index (χ1n) is 6.46. The summed E-state index contributed by atoms with van der Waals surface area (Å²) in [5, 5.41) is 0.788. The van der Waals surface area contributed by atoms with E-state index in [0.717, 1.165) is 21.2 Å². The average molecular weight is 279 g/mol. The number of H-pyrrole nitrogens is 1. The van der Waals surface area contributed by atoms with Crippen LogP contribution in [0.15, 0.2) is 18.3 Å². The number of thioether (sulfide) groups is 1. The number of aromatic nitrogens is 3. The molecule has 0 bridgehead atoms. The summed E-state index contributed by atoms with van der Waals surface area (Å²) in [4.78, 5) is 7.74. The number of nitrogens with zero attached hydrogens (tertiary/aromatic N) is 2. The first-order valence-corrected chi connectivity index (χ1v) is 7.92. The van der Waals surface area contributed by atoms with Gasteiger partial charge in [-0.05, 0) is 49.4 Å². The Hall–Kier alpha value is -0.810. The average Bonchev–Trinajstić information content (AvgIpc) is 2.92. The van der Waals surface area contributed by atoms with Crippen molar-refractivity contribution in [1.82, 2.24) is 14.5 Å². The zero-order chi connectivity index (χ0) is 12.5. The van der Waals surface area contributed by atoms with Crippen molar-refractivity contribution in [2.45, 2.75) is 37.5 Å². The minimum Gasteiger partial charge on any atom is -0.329 e. The van der Waals surface area contributed by atoms with Crippen LogP contribution in [0.3, 0.4) is 0 Å². The summed E-state index contributed by atoms with van der Waals surface area (Å²) in [6, 6.07) is 4.51. The van der Waals surface area contributed by atoms with E-state index in [0.29, 0.717) is 6.04 Å². The van der Waals surface area contributed by atoms with Crippen molar-refractivity contribution < 1.29 is 0 Å². The van der Waals surface area contributed by atoms with E-state index in [4.69, 9.17) is 12.2 Å². The summed E-state index contributed by atoms with van der Waals surface area (Å²) >= 11 is 7.53. The molecule has 1 saturated carbocycles. The summed E-state index contributed by atoms with van der Waals surface area (Å²) in [6.07, 6.45) is 5.57. The van der Waals surface area contributed by atoms with Crippen molar-refractivity contribution in [2.24, 2.45) is 0 Å². The second kappa shape index (κ2) is 5.05. The molecule has 0 aliphatic heterocycles. The number of hydrogen-bond acceptors (Lipinski definition) is 3. The van der Waals surface area contributed by atoms with Crippen LogP contribution in [0.1, 0.15) is 32.2 Å². The molecule has 96 valence electrons. The molecule has 2 atom stereocenters. The first kappa shape index (κ1) is 12.2. The van der Waals surface area contributed by atoms with Gasteiger partial charge in [0.25, 0.3) is 0 Å². The molecule has 5 heteroatoms. The smallest absolute Gasteiger partial charge is 0.179 e. The van der Waals surface area contributed by atoms with Crippen molar-refractivity contribution in [3.63, 3.8) is 0 Å². The molecule has 2 unspecified atom stereocenters. The molecule has 2 aromatic rings. The van der Waals surface area contributed by atoms with Gasteiger partial charge in [0.1, 0.15) is 0 Å². The Morgan fingerprint density at radius 2 is 2.44 bits per heavy atom. The molecule has 1 aliphatic carbocycles. The van der Waals surface area contributed by atoms with Gasteiger partial charge in [0.05, 0.1) is 5.52 Å². The summed E-state index contributed by atoms with van der Waals surface area (Å²) in [5.41, 5.74) is 2.06. The lowest BCUT2D eigenvalue weighted by Crippen LogP contribution is -2.07. The Bertz CT molecular complexity index is 602. The Morgan fingerprint density at radius 1 is 1.56 bits per heavy atom. The Morgan fingerprint density at radius 3 is 3.28 bits per heavy atom. The SMILES string of the molecule is CCSC1CCC(n2c(=S)[nH]c3cccnc32)C1. The van der Waals surface area contributed by atoms with Crippen LogP contribution in [0, 0.1) is 4.77 Å². The molecule has 1 fully saturated rings. The largest absolute Gasteiger partial charge is 0.329 e. The molecule has 3 rings (SSSR count). The zero-order valence-corrected chi connectivity index (χ0v) is 12.1. The molecular formula is C13H17N3S2. The van der Waals surface area contributed by atoms with Gasteiger partial charge >= 0.3 is 0 Å². The summed E-state index contributed by atoms with van der Waals surface area (Å²) in [6.45, 7) is 2.23. The maximum Gasteiger partial charge on any atom is 0.179 e. The standard InChI is InChI=1S/C13H17N3S2/c1-2-18-10-6-5-9(8-10)16-12-11(15-13(16)17)4-3-7-14-12/h3-4,7,9-10H,2,5-6,8H2,1H3,(H,15,17). The molecule has 3 nitrogen and oxygen atoms in total. The van der Waals surface area contributed by atoms with Crippen molar-refractivity contribution in [3.8, 4) is 0 Å². The van der Waals surface area contributed by atoms with Crippen molar-refractivity contribution in [3.05, 3.63) is 23.1 Å². The van der Waals surface area contributed by atoms with Crippen LogP contribution in [-0.4, -0.2) is 25.5 Å². The van der Waals surface area contributed by atoms with E-state index in [2.05, 4.69) is 33.2 Å². The molecule has 0 amide bonds. The summed E-state index contributed by atoms with van der Waals surface area (Å²) < 4.78 is 3.04. The highest BCUT2D eigenvalue weighted by Crippen LogP contribution is 2.38. The second-order valence-corrected chi connectivity index (χ2v) is 6.68. The molecule has 0 spiro atoms. The van der Waals surface area contributed by atoms with Crippen LogP contribution >= 0.6 is 24.0 Å². The fourth-order valence-corrected chi connectivity index (χ4v) is 4.31. The summed E-state index contributed by atoms with van der Waals surface area (Å²) in [5.74, 6) is 1.20. The minimum absolute atomic E-state index is 0.519. The third kappa shape index (κ3) is 2.10. The molecule has 2 aromatic heterocycles. The van der Waals surface area contributed by atoms with E-state index in [9.17, 15) is 0 Å². The number of pyridine rings is 1. The lowest BCUT2D eigenvalue weighted by atomic mass is 10.2. The number of nitrogens with one attached hydrogen (secondary N) is 1. The third-order valence-electron chi connectivity index (χ3n) is 3.60. The molecule has 1 aliphatic rings. The van der Waals surface area contributed by atoms with Crippen LogP contribution in [0.4, 0.5) is 0 Å². The number of aromatic amines is 1. The molecule has 0 aromatic carbocycles. The van der Waals surface area contributed by atoms with Crippen molar-refractivity contribution in [2.75, 3.05) is 5.75 Å². The lowest BCUT2D eigenvalue weighted by molar-refractivity contribution is 0.524. The predicted octanol–water partition coefficient (Wildman–Crippen LogP) is 3.94. The van der Waals surface area contributed by atoms with E-state index in [1.54, 1.807) is 0 Å². The topological polar surface area (TPSA) is 33.6 Å². The fourth-order valence-electron chi connectivity index (χ4n) is 2.84. The van der Waals surface area contributed by atoms with Gasteiger partial charge in [0.15, 0.2) is 10.4 Å². The second-order valence-electron chi connectivity index (χ2n) is 4.72. The molecule has 1 N–H and O–H groups in total. The third-order valence-corrected chi connectivity index (χ3v) is 5.13. The van der Waals surface area contributed by atoms with Crippen molar-refractivity contribution in [1.29, 1.82) is 0 Å². The van der Waals surface area contributed by atoms with Gasteiger partial charge in [-0.25, -0.2) is 4.98 Å². The van der Waals surface area contributed by atoms with Gasteiger partial charge in [-0.2, -0.15) is 11.8 Å². The van der Waals surface area contributed by atoms with Gasteiger partial charge in [0.2, 0.25) is 0 Å². The number of hydrogen-bond donors (Lipinski definition) is 1. The van der Waals surface area contributed by atoms with Crippen LogP contribution < -0.4 is 0 Å². The van der Waals surface area contributed by atoms with E-state index in [1.807, 2.05) is 18.3 Å². The van der Waals surface area contributed by atoms with E-state index in [1.165, 1.54) is 25.0 Å². The quantitative estimate of drug-likeness (QED) is 0.864. The van der Waals surface area contributed by atoms with E-state index in [-0.39, 0.29) is 0 Å². The van der Waals surface area contributed by atoms with Crippen LogP contribution in [0.5, 0.6) is 0 Å². The number of rotatable bonds is 3. The van der Waals surface area contributed by atoms with Gasteiger partial charge in [0, 0.05) is 17.5 Å². The first-order chi connectivity index (χ1) is 8.79. The molecular weight excluding hydrogens is 262 g/mol. The highest BCUT2D eigenvalue weighted by molar-refractivity contribution is 7.99. The number of imidazole rings is 1. The van der Waals surface area contributed by atoms with Crippen LogP contribution in [0.2, 0.25) is 0 Å². The molecule has 2 heterocycles. The highest BCUT2D eigenvalue weighted by Gasteiger charge is 2.27. The Labute approximate surface area is 116 Å². The number of fused-ring (bicyclic) bond motifs is 1. The van der Waals surface area contributed by atoms with Gasteiger partial charge in [-0.1, -0.05) is 6.92 Å². The van der Waals surface area contributed by atoms with Gasteiger partial charge in [-0.3, -0.25) is 4.57 Å². The zero-order valence-electron chi connectivity index (χ0n) is 10.4. The van der Waals surface area contributed by atoms with E-state index >= 15 is 0 Å². The maximum atomic E-state index is 5.45. The monoisotopic (exact) mass is 279 g/mol. The van der Waals surface area contributed by atoms with E-state index < -0.39 is 0 Å². The predicted molar refractivity (Wildman–Crippen MR) is 79.7 cm³/mol. The van der Waals surface area contributed by atoms with Crippen LogP contribution in [0.25, 0.3) is 11.2 Å². The molecule has 0 radical (unpaired) electrons. The van der Waals surface area contributed by atoms with Crippen LogP contribution in [-0.2, 0) is 0 Å².